The summed E-state index contributed by atoms with van der Waals surface area (Å²) in [6.07, 6.45) is -4.34. The van der Waals surface area contributed by atoms with E-state index in [-0.39, 0.29) is 11.1 Å². The van der Waals surface area contributed by atoms with Crippen LogP contribution in [0.15, 0.2) is 18.2 Å². The van der Waals surface area contributed by atoms with E-state index in [1.54, 1.807) is 0 Å². The third kappa shape index (κ3) is 4.74. The first-order valence-electron chi connectivity index (χ1n) is 5.53. The van der Waals surface area contributed by atoms with Gasteiger partial charge in [-0.2, -0.15) is 13.2 Å². The molecule has 2 nitrogen and oxygen atoms in total. The van der Waals surface area contributed by atoms with Gasteiger partial charge in [-0.25, -0.2) is 0 Å². The minimum Gasteiger partial charge on any atom is -0.383 e. The molecule has 0 saturated heterocycles. The van der Waals surface area contributed by atoms with Crippen LogP contribution >= 0.6 is 11.6 Å². The van der Waals surface area contributed by atoms with Gasteiger partial charge in [0.2, 0.25) is 0 Å². The van der Waals surface area contributed by atoms with Crippen molar-refractivity contribution in [3.05, 3.63) is 28.8 Å². The van der Waals surface area contributed by atoms with Crippen LogP contribution in [0.25, 0.3) is 0 Å². The Morgan fingerprint density at radius 1 is 1.33 bits per heavy atom. The first-order valence-corrected chi connectivity index (χ1v) is 5.90. The molecule has 102 valence electrons. The number of halogens is 4. The molecule has 0 aliphatic heterocycles. The van der Waals surface area contributed by atoms with E-state index >= 15 is 0 Å². The zero-order valence-corrected chi connectivity index (χ0v) is 10.9. The van der Waals surface area contributed by atoms with Gasteiger partial charge in [0, 0.05) is 12.2 Å². The standard InChI is InChI=1S/C12H15ClF3NO/c1-8(2)18-6-5-17-9-3-4-11(13)10(7-9)12(14,15)16/h3-4,7-8,17H,5-6H2,1-2H3. The van der Waals surface area contributed by atoms with Gasteiger partial charge in [-0.1, -0.05) is 11.6 Å². The second kappa shape index (κ2) is 6.29. The fourth-order valence-electron chi connectivity index (χ4n) is 1.34. The molecular weight excluding hydrogens is 267 g/mol. The van der Waals surface area contributed by atoms with Gasteiger partial charge in [0.25, 0.3) is 0 Å². The summed E-state index contributed by atoms with van der Waals surface area (Å²) in [5.41, 5.74) is -0.460. The summed E-state index contributed by atoms with van der Waals surface area (Å²) in [6.45, 7) is 4.66. The summed E-state index contributed by atoms with van der Waals surface area (Å²) in [6, 6.07) is 3.74. The Hall–Kier alpha value is -0.940. The predicted molar refractivity (Wildman–Crippen MR) is 66.0 cm³/mol. The molecule has 0 aliphatic carbocycles. The van der Waals surface area contributed by atoms with Crippen LogP contribution in [0, 0.1) is 0 Å². The number of hydrogen-bond acceptors (Lipinski definition) is 2. The van der Waals surface area contributed by atoms with E-state index in [4.69, 9.17) is 16.3 Å². The zero-order valence-electron chi connectivity index (χ0n) is 10.1. The van der Waals surface area contributed by atoms with Crippen LogP contribution in [0.4, 0.5) is 18.9 Å². The highest BCUT2D eigenvalue weighted by atomic mass is 35.5. The largest absolute Gasteiger partial charge is 0.417 e. The number of ether oxygens (including phenoxy) is 1. The number of rotatable bonds is 5. The highest BCUT2D eigenvalue weighted by molar-refractivity contribution is 6.31. The predicted octanol–water partition coefficient (Wildman–Crippen LogP) is 4.20. The van der Waals surface area contributed by atoms with Crippen molar-refractivity contribution in [3.63, 3.8) is 0 Å². The zero-order chi connectivity index (χ0) is 13.8. The lowest BCUT2D eigenvalue weighted by Gasteiger charge is -2.13. The Bertz CT molecular complexity index is 393. The van der Waals surface area contributed by atoms with Crippen molar-refractivity contribution in [1.82, 2.24) is 0 Å². The number of benzene rings is 1. The molecule has 0 bridgehead atoms. The first kappa shape index (κ1) is 15.1. The molecule has 0 amide bonds. The average Bonchev–Trinajstić information content (AvgIpc) is 2.24. The van der Waals surface area contributed by atoms with Gasteiger partial charge in [0.05, 0.1) is 23.3 Å². The molecule has 0 aliphatic rings. The monoisotopic (exact) mass is 281 g/mol. The molecule has 0 saturated carbocycles. The third-order valence-corrected chi connectivity index (χ3v) is 2.48. The minimum absolute atomic E-state index is 0.0998. The molecule has 0 unspecified atom stereocenters. The van der Waals surface area contributed by atoms with Gasteiger partial charge in [0.15, 0.2) is 0 Å². The molecule has 0 aromatic heterocycles. The summed E-state index contributed by atoms with van der Waals surface area (Å²) >= 11 is 5.51. The molecular formula is C12H15ClF3NO. The number of nitrogens with one attached hydrogen (secondary N) is 1. The Morgan fingerprint density at radius 3 is 2.56 bits per heavy atom. The van der Waals surface area contributed by atoms with Crippen molar-refractivity contribution in [2.24, 2.45) is 0 Å². The maximum Gasteiger partial charge on any atom is 0.417 e. The Morgan fingerprint density at radius 2 is 2.00 bits per heavy atom. The second-order valence-corrected chi connectivity index (χ2v) is 4.45. The van der Waals surface area contributed by atoms with E-state index in [9.17, 15) is 13.2 Å². The normalized spacial score (nSPS) is 11.9. The first-order chi connectivity index (χ1) is 8.30. The van der Waals surface area contributed by atoms with Crippen molar-refractivity contribution < 1.29 is 17.9 Å². The second-order valence-electron chi connectivity index (χ2n) is 4.04. The van der Waals surface area contributed by atoms with Gasteiger partial charge in [-0.15, -0.1) is 0 Å². The average molecular weight is 282 g/mol. The molecule has 0 atom stereocenters. The van der Waals surface area contributed by atoms with Crippen molar-refractivity contribution in [2.45, 2.75) is 26.1 Å². The van der Waals surface area contributed by atoms with E-state index in [0.717, 1.165) is 6.07 Å². The minimum atomic E-state index is -4.44. The molecule has 1 aromatic rings. The number of alkyl halides is 3. The van der Waals surface area contributed by atoms with E-state index < -0.39 is 11.7 Å². The van der Waals surface area contributed by atoms with Crippen molar-refractivity contribution in [2.75, 3.05) is 18.5 Å². The van der Waals surface area contributed by atoms with Crippen molar-refractivity contribution in [1.29, 1.82) is 0 Å². The lowest BCUT2D eigenvalue weighted by molar-refractivity contribution is -0.137. The van der Waals surface area contributed by atoms with Crippen molar-refractivity contribution in [3.8, 4) is 0 Å². The van der Waals surface area contributed by atoms with Gasteiger partial charge in [-0.3, -0.25) is 0 Å². The molecule has 1 rings (SSSR count). The van der Waals surface area contributed by atoms with E-state index in [1.807, 2.05) is 13.8 Å². The van der Waals surface area contributed by atoms with E-state index in [2.05, 4.69) is 5.32 Å². The molecule has 18 heavy (non-hydrogen) atoms. The van der Waals surface area contributed by atoms with Gasteiger partial charge < -0.3 is 10.1 Å². The lowest BCUT2D eigenvalue weighted by Crippen LogP contribution is -2.14. The molecule has 1 N–H and O–H groups in total. The molecule has 0 spiro atoms. The van der Waals surface area contributed by atoms with Crippen LogP contribution in [0.1, 0.15) is 19.4 Å². The van der Waals surface area contributed by atoms with Crippen LogP contribution in [0.2, 0.25) is 5.02 Å². The molecule has 0 heterocycles. The Labute approximate surface area is 109 Å². The van der Waals surface area contributed by atoms with Crippen LogP contribution < -0.4 is 5.32 Å². The summed E-state index contributed by atoms with van der Waals surface area (Å²) in [7, 11) is 0. The Kier molecular flexibility index (Phi) is 5.28. The SMILES string of the molecule is CC(C)OCCNc1ccc(Cl)c(C(F)(F)F)c1. The maximum atomic E-state index is 12.6. The van der Waals surface area contributed by atoms with E-state index in [0.29, 0.717) is 18.8 Å². The van der Waals surface area contributed by atoms with Crippen LogP contribution in [0.5, 0.6) is 0 Å². The lowest BCUT2D eigenvalue weighted by atomic mass is 10.2. The Balaban J connectivity index is 2.63. The third-order valence-electron chi connectivity index (χ3n) is 2.15. The van der Waals surface area contributed by atoms with Crippen molar-refractivity contribution >= 4 is 17.3 Å². The molecule has 0 radical (unpaired) electrons. The maximum absolute atomic E-state index is 12.6. The molecule has 1 aromatic carbocycles. The summed E-state index contributed by atoms with van der Waals surface area (Å²) in [5, 5.41) is 2.56. The van der Waals surface area contributed by atoms with Crippen LogP contribution in [0.3, 0.4) is 0 Å². The summed E-state index contributed by atoms with van der Waals surface area (Å²) in [4.78, 5) is 0. The van der Waals surface area contributed by atoms with Crippen LogP contribution in [-0.4, -0.2) is 19.3 Å². The molecule has 6 heteroatoms. The van der Waals surface area contributed by atoms with E-state index in [1.165, 1.54) is 12.1 Å². The highest BCUT2D eigenvalue weighted by Crippen LogP contribution is 2.36. The van der Waals surface area contributed by atoms with Gasteiger partial charge in [0.1, 0.15) is 0 Å². The molecule has 0 fully saturated rings. The number of anilines is 1. The van der Waals surface area contributed by atoms with Crippen LogP contribution in [-0.2, 0) is 10.9 Å². The summed E-state index contributed by atoms with van der Waals surface area (Å²) in [5.74, 6) is 0. The fraction of sp³-hybridized carbons (Fsp3) is 0.500. The fourth-order valence-corrected chi connectivity index (χ4v) is 1.57. The summed E-state index contributed by atoms with van der Waals surface area (Å²) < 4.78 is 43.0. The highest BCUT2D eigenvalue weighted by Gasteiger charge is 2.33. The quantitative estimate of drug-likeness (QED) is 0.817. The number of hydrogen-bond donors (Lipinski definition) is 1. The smallest absolute Gasteiger partial charge is 0.383 e. The van der Waals surface area contributed by atoms with Gasteiger partial charge in [-0.05, 0) is 32.0 Å². The topological polar surface area (TPSA) is 21.3 Å². The van der Waals surface area contributed by atoms with Gasteiger partial charge >= 0.3 is 6.18 Å².